The number of urea groups is 1. The van der Waals surface area contributed by atoms with Crippen molar-refractivity contribution in [3.05, 3.63) is 36.0 Å². The monoisotopic (exact) mass is 382 g/mol. The molecular weight excluding hydrogens is 348 g/mol. The zero-order valence-electron chi connectivity index (χ0n) is 17.3. The molecule has 4 rings (SSSR count). The highest BCUT2D eigenvalue weighted by atomic mass is 16.2. The van der Waals surface area contributed by atoms with Gasteiger partial charge in [-0.05, 0) is 70.2 Å². The molecule has 2 aliphatic heterocycles. The number of amides is 2. The fourth-order valence-corrected chi connectivity index (χ4v) is 4.84. The molecule has 28 heavy (non-hydrogen) atoms. The molecule has 1 aromatic carbocycles. The van der Waals surface area contributed by atoms with E-state index in [1.165, 1.54) is 35.7 Å². The van der Waals surface area contributed by atoms with E-state index in [4.69, 9.17) is 0 Å². The molecule has 2 aromatic rings. The minimum absolute atomic E-state index is 0.0262. The number of likely N-dealkylation sites (tertiary alicyclic amines) is 2. The number of nitrogens with one attached hydrogen (secondary N) is 2. The molecule has 1 aromatic heterocycles. The fourth-order valence-electron chi connectivity index (χ4n) is 4.84. The number of rotatable bonds is 4. The summed E-state index contributed by atoms with van der Waals surface area (Å²) in [6.07, 6.45) is 8.11. The Morgan fingerprint density at radius 1 is 1.11 bits per heavy atom. The summed E-state index contributed by atoms with van der Waals surface area (Å²) in [5, 5.41) is 4.54. The molecule has 2 aliphatic rings. The molecule has 5 heteroatoms. The van der Waals surface area contributed by atoms with Crippen LogP contribution in [0.4, 0.5) is 4.79 Å². The predicted octanol–water partition coefficient (Wildman–Crippen LogP) is 4.32. The van der Waals surface area contributed by atoms with Crippen molar-refractivity contribution in [2.45, 2.75) is 57.4 Å². The van der Waals surface area contributed by atoms with Crippen LogP contribution in [0.2, 0.25) is 0 Å². The molecule has 3 heterocycles. The van der Waals surface area contributed by atoms with E-state index < -0.39 is 0 Å². The lowest BCUT2D eigenvalue weighted by Crippen LogP contribution is -2.55. The largest absolute Gasteiger partial charge is 0.361 e. The summed E-state index contributed by atoms with van der Waals surface area (Å²) in [6.45, 7) is 9.19. The number of piperidine rings is 2. The summed E-state index contributed by atoms with van der Waals surface area (Å²) in [6, 6.07) is 8.60. The summed E-state index contributed by atoms with van der Waals surface area (Å²) >= 11 is 0. The Morgan fingerprint density at radius 2 is 1.82 bits per heavy atom. The van der Waals surface area contributed by atoms with Crippen molar-refractivity contribution in [1.29, 1.82) is 0 Å². The first-order valence-corrected chi connectivity index (χ1v) is 10.9. The van der Waals surface area contributed by atoms with Crippen LogP contribution >= 0.6 is 0 Å². The number of carbonyl (C=O) groups excluding carboxylic acids is 1. The predicted molar refractivity (Wildman–Crippen MR) is 115 cm³/mol. The van der Waals surface area contributed by atoms with Gasteiger partial charge >= 0.3 is 6.03 Å². The van der Waals surface area contributed by atoms with E-state index >= 15 is 0 Å². The smallest absolute Gasteiger partial charge is 0.317 e. The molecule has 0 unspecified atom stereocenters. The number of aromatic amines is 1. The Morgan fingerprint density at radius 3 is 2.57 bits per heavy atom. The van der Waals surface area contributed by atoms with Gasteiger partial charge in [-0.3, -0.25) is 4.90 Å². The van der Waals surface area contributed by atoms with Crippen LogP contribution in [0.25, 0.3) is 10.9 Å². The van der Waals surface area contributed by atoms with E-state index in [9.17, 15) is 4.79 Å². The van der Waals surface area contributed by atoms with Crippen LogP contribution in [-0.2, 0) is 0 Å². The van der Waals surface area contributed by atoms with Crippen molar-refractivity contribution in [1.82, 2.24) is 20.1 Å². The molecule has 152 valence electrons. The van der Waals surface area contributed by atoms with Crippen molar-refractivity contribution < 1.29 is 4.79 Å². The van der Waals surface area contributed by atoms with Crippen LogP contribution in [0.3, 0.4) is 0 Å². The summed E-state index contributed by atoms with van der Waals surface area (Å²) in [4.78, 5) is 20.6. The summed E-state index contributed by atoms with van der Waals surface area (Å²) in [5.41, 5.74) is 2.64. The molecule has 2 amide bonds. The van der Waals surface area contributed by atoms with Crippen LogP contribution in [-0.4, -0.2) is 59.1 Å². The van der Waals surface area contributed by atoms with E-state index in [2.05, 4.69) is 59.5 Å². The third-order valence-electron chi connectivity index (χ3n) is 6.73. The Bertz CT molecular complexity index is 798. The minimum atomic E-state index is 0.0262. The summed E-state index contributed by atoms with van der Waals surface area (Å²) in [5.74, 6) is 0.532. The topological polar surface area (TPSA) is 51.4 Å². The van der Waals surface area contributed by atoms with E-state index in [0.717, 1.165) is 39.0 Å². The number of para-hydroxylation sites is 1. The van der Waals surface area contributed by atoms with Gasteiger partial charge in [0.05, 0.1) is 0 Å². The molecule has 0 spiro atoms. The van der Waals surface area contributed by atoms with E-state index in [1.54, 1.807) is 0 Å². The summed E-state index contributed by atoms with van der Waals surface area (Å²) in [7, 11) is 0. The van der Waals surface area contributed by atoms with Crippen molar-refractivity contribution in [2.75, 3.05) is 32.7 Å². The second-order valence-electron chi connectivity index (χ2n) is 9.07. The highest BCUT2D eigenvalue weighted by Gasteiger charge is 2.30. The van der Waals surface area contributed by atoms with Gasteiger partial charge in [0.15, 0.2) is 0 Å². The number of hydrogen-bond acceptors (Lipinski definition) is 2. The Hall–Kier alpha value is -2.01. The van der Waals surface area contributed by atoms with Gasteiger partial charge in [0, 0.05) is 42.3 Å². The third kappa shape index (κ3) is 4.04. The average Bonchev–Trinajstić information content (AvgIpc) is 3.17. The zero-order valence-corrected chi connectivity index (χ0v) is 17.3. The van der Waals surface area contributed by atoms with Gasteiger partial charge in [-0.2, -0.15) is 0 Å². The molecule has 5 nitrogen and oxygen atoms in total. The molecule has 0 saturated carbocycles. The molecule has 0 aliphatic carbocycles. The summed E-state index contributed by atoms with van der Waals surface area (Å²) < 4.78 is 0. The second-order valence-corrected chi connectivity index (χ2v) is 9.07. The highest BCUT2D eigenvalue weighted by Crippen LogP contribution is 2.33. The van der Waals surface area contributed by atoms with Gasteiger partial charge < -0.3 is 15.2 Å². The Balaban J connectivity index is 1.29. The number of carbonyl (C=O) groups is 1. The number of fused-ring (bicyclic) bond motifs is 1. The van der Waals surface area contributed by atoms with E-state index in [1.807, 2.05) is 4.90 Å². The molecule has 0 atom stereocenters. The lowest BCUT2D eigenvalue weighted by molar-refractivity contribution is 0.0931. The second kappa shape index (κ2) is 8.16. The maximum Gasteiger partial charge on any atom is 0.317 e. The van der Waals surface area contributed by atoms with Gasteiger partial charge in [-0.15, -0.1) is 0 Å². The number of nitrogens with zero attached hydrogens (tertiary/aromatic N) is 2. The molecule has 0 bridgehead atoms. The first-order chi connectivity index (χ1) is 13.5. The maximum atomic E-state index is 12.7. The maximum absolute atomic E-state index is 12.7. The molecule has 2 N–H and O–H groups in total. The number of aromatic nitrogens is 1. The highest BCUT2D eigenvalue weighted by molar-refractivity contribution is 5.83. The lowest BCUT2D eigenvalue weighted by atomic mass is 9.89. The van der Waals surface area contributed by atoms with Crippen molar-refractivity contribution in [2.24, 2.45) is 0 Å². The minimum Gasteiger partial charge on any atom is -0.361 e. The quantitative estimate of drug-likeness (QED) is 0.827. The van der Waals surface area contributed by atoms with Gasteiger partial charge in [0.2, 0.25) is 0 Å². The Labute approximate surface area is 168 Å². The van der Waals surface area contributed by atoms with Gasteiger partial charge in [0.1, 0.15) is 0 Å². The number of benzene rings is 1. The standard InChI is InChI=1S/C23H34N4O/c1-23(2,27-12-6-3-7-13-27)17-25-22(28)26-14-10-18(11-15-26)20-16-24-21-9-5-4-8-19(20)21/h4-5,8-9,16,18,24H,3,6-7,10-15,17H2,1-2H3,(H,25,28). The fraction of sp³-hybridized carbons (Fsp3) is 0.609. The number of H-pyrrole nitrogens is 1. The first kappa shape index (κ1) is 19.3. The van der Waals surface area contributed by atoms with Gasteiger partial charge in [-0.25, -0.2) is 4.79 Å². The Kier molecular flexibility index (Phi) is 5.63. The van der Waals surface area contributed by atoms with E-state index in [-0.39, 0.29) is 11.6 Å². The van der Waals surface area contributed by atoms with Crippen molar-refractivity contribution in [3.8, 4) is 0 Å². The molecule has 0 radical (unpaired) electrons. The van der Waals surface area contributed by atoms with Crippen LogP contribution in [0, 0.1) is 0 Å². The molecule has 2 fully saturated rings. The van der Waals surface area contributed by atoms with Crippen LogP contribution in [0.1, 0.15) is 57.4 Å². The lowest BCUT2D eigenvalue weighted by Gasteiger charge is -2.41. The van der Waals surface area contributed by atoms with Crippen molar-refractivity contribution >= 4 is 16.9 Å². The molecular formula is C23H34N4O. The van der Waals surface area contributed by atoms with Crippen molar-refractivity contribution in [3.63, 3.8) is 0 Å². The third-order valence-corrected chi connectivity index (χ3v) is 6.73. The first-order valence-electron chi connectivity index (χ1n) is 10.9. The zero-order chi connectivity index (χ0) is 19.6. The van der Waals surface area contributed by atoms with Crippen LogP contribution < -0.4 is 5.32 Å². The van der Waals surface area contributed by atoms with Gasteiger partial charge in [-0.1, -0.05) is 24.6 Å². The SMILES string of the molecule is CC(C)(CNC(=O)N1CCC(c2c[nH]c3ccccc23)CC1)N1CCCCC1. The molecule has 2 saturated heterocycles. The normalized spacial score (nSPS) is 19.9. The number of hydrogen-bond donors (Lipinski definition) is 2. The van der Waals surface area contributed by atoms with Crippen LogP contribution in [0.5, 0.6) is 0 Å². The van der Waals surface area contributed by atoms with E-state index in [0.29, 0.717) is 12.5 Å². The average molecular weight is 383 g/mol. The van der Waals surface area contributed by atoms with Crippen LogP contribution in [0.15, 0.2) is 30.5 Å². The van der Waals surface area contributed by atoms with Gasteiger partial charge in [0.25, 0.3) is 0 Å².